The molecule has 0 bridgehead atoms. The predicted molar refractivity (Wildman–Crippen MR) is 128 cm³/mol. The zero-order valence-corrected chi connectivity index (χ0v) is 19.5. The first-order valence-corrected chi connectivity index (χ1v) is 11.8. The number of nitrogens with zero attached hydrogens (tertiary/aromatic N) is 1. The lowest BCUT2D eigenvalue weighted by molar-refractivity contribution is 0.0996. The second-order valence-electron chi connectivity index (χ2n) is 6.98. The van der Waals surface area contributed by atoms with Crippen molar-refractivity contribution in [1.82, 2.24) is 4.83 Å². The molecule has 0 saturated heterocycles. The van der Waals surface area contributed by atoms with Gasteiger partial charge < -0.3 is 19.9 Å². The number of benzene rings is 3. The molecule has 0 aliphatic heterocycles. The molecule has 178 valence electrons. The molecule has 9 nitrogen and oxygen atoms in total. The Morgan fingerprint density at radius 2 is 1.76 bits per heavy atom. The van der Waals surface area contributed by atoms with Crippen molar-refractivity contribution < 1.29 is 27.4 Å². The Morgan fingerprint density at radius 3 is 2.44 bits per heavy atom. The van der Waals surface area contributed by atoms with E-state index in [1.807, 2.05) is 6.92 Å². The number of carbonyl (C=O) groups is 1. The van der Waals surface area contributed by atoms with Gasteiger partial charge in [-0.25, -0.2) is 4.83 Å². The summed E-state index contributed by atoms with van der Waals surface area (Å²) in [5.74, 6) is 0.891. The van der Waals surface area contributed by atoms with Crippen LogP contribution in [-0.4, -0.2) is 34.3 Å². The highest BCUT2D eigenvalue weighted by Gasteiger charge is 2.13. The molecule has 0 aromatic heterocycles. The number of nitrogens with one attached hydrogen (secondary N) is 1. The summed E-state index contributed by atoms with van der Waals surface area (Å²) >= 11 is 0. The number of rotatable bonds is 11. The summed E-state index contributed by atoms with van der Waals surface area (Å²) in [5, 5.41) is 3.86. The molecule has 3 N–H and O–H groups in total. The van der Waals surface area contributed by atoms with Crippen LogP contribution >= 0.6 is 0 Å². The maximum Gasteiger partial charge on any atom is 0.276 e. The van der Waals surface area contributed by atoms with E-state index in [0.717, 1.165) is 0 Å². The second kappa shape index (κ2) is 11.2. The molecular formula is C24H25N3O6S. The third-order valence-corrected chi connectivity index (χ3v) is 5.91. The van der Waals surface area contributed by atoms with Crippen molar-refractivity contribution in [2.75, 3.05) is 13.7 Å². The summed E-state index contributed by atoms with van der Waals surface area (Å²) in [6.45, 7) is 2.42. The number of nitrogens with two attached hydrogens (primary N) is 1. The number of ether oxygens (including phenoxy) is 3. The quantitative estimate of drug-likeness (QED) is 0.318. The minimum absolute atomic E-state index is 0.0602. The number of sulfonamides is 1. The van der Waals surface area contributed by atoms with E-state index < -0.39 is 15.9 Å². The minimum atomic E-state index is -3.84. The van der Waals surface area contributed by atoms with E-state index in [1.165, 1.54) is 25.5 Å². The Balaban J connectivity index is 1.72. The van der Waals surface area contributed by atoms with Crippen LogP contribution in [0.5, 0.6) is 17.2 Å². The van der Waals surface area contributed by atoms with Gasteiger partial charge in [0.05, 0.1) is 30.4 Å². The van der Waals surface area contributed by atoms with Crippen LogP contribution < -0.4 is 24.8 Å². The number of para-hydroxylation sites is 1. The van der Waals surface area contributed by atoms with Crippen LogP contribution in [0.2, 0.25) is 0 Å². The van der Waals surface area contributed by atoms with Crippen LogP contribution in [-0.2, 0) is 16.6 Å². The number of hydrogen-bond donors (Lipinski definition) is 2. The number of carbonyl (C=O) groups excluding carboxylic acids is 1. The van der Waals surface area contributed by atoms with E-state index in [1.54, 1.807) is 54.6 Å². The number of primary amides is 1. The molecule has 0 unspecified atom stereocenters. The van der Waals surface area contributed by atoms with Gasteiger partial charge in [0.1, 0.15) is 23.9 Å². The second-order valence-corrected chi connectivity index (χ2v) is 8.64. The van der Waals surface area contributed by atoms with Gasteiger partial charge in [0, 0.05) is 5.56 Å². The maximum absolute atomic E-state index is 12.5. The lowest BCUT2D eigenvalue weighted by Gasteiger charge is -2.13. The molecule has 10 heteroatoms. The van der Waals surface area contributed by atoms with E-state index >= 15 is 0 Å². The third-order valence-electron chi connectivity index (χ3n) is 4.67. The molecule has 0 heterocycles. The zero-order chi connectivity index (χ0) is 24.6. The molecule has 3 aromatic rings. The topological polar surface area (TPSA) is 129 Å². The van der Waals surface area contributed by atoms with E-state index in [0.29, 0.717) is 35.0 Å². The molecule has 0 atom stereocenters. The fourth-order valence-electron chi connectivity index (χ4n) is 3.05. The maximum atomic E-state index is 12.5. The first kappa shape index (κ1) is 24.6. The van der Waals surface area contributed by atoms with Crippen molar-refractivity contribution >= 4 is 22.1 Å². The first-order chi connectivity index (χ1) is 16.3. The van der Waals surface area contributed by atoms with Crippen molar-refractivity contribution in [2.24, 2.45) is 10.8 Å². The fraction of sp³-hybridized carbons (Fsp3) is 0.167. The summed E-state index contributed by atoms with van der Waals surface area (Å²) in [6, 6.07) is 17.8. The molecule has 1 amide bonds. The molecule has 0 spiro atoms. The van der Waals surface area contributed by atoms with Crippen LogP contribution in [0.3, 0.4) is 0 Å². The average Bonchev–Trinajstić information content (AvgIpc) is 2.83. The van der Waals surface area contributed by atoms with E-state index in [-0.39, 0.29) is 17.1 Å². The summed E-state index contributed by atoms with van der Waals surface area (Å²) in [4.78, 5) is 13.8. The van der Waals surface area contributed by atoms with Gasteiger partial charge >= 0.3 is 0 Å². The summed E-state index contributed by atoms with van der Waals surface area (Å²) in [5.41, 5.74) is 6.93. The highest BCUT2D eigenvalue weighted by Crippen LogP contribution is 2.24. The monoisotopic (exact) mass is 483 g/mol. The van der Waals surface area contributed by atoms with Gasteiger partial charge in [0.25, 0.3) is 15.9 Å². The van der Waals surface area contributed by atoms with Crippen LogP contribution in [0.1, 0.15) is 28.4 Å². The molecule has 0 aliphatic carbocycles. The van der Waals surface area contributed by atoms with Crippen molar-refractivity contribution in [3.05, 3.63) is 83.4 Å². The van der Waals surface area contributed by atoms with E-state index in [9.17, 15) is 13.2 Å². The zero-order valence-electron chi connectivity index (χ0n) is 18.7. The molecular weight excluding hydrogens is 458 g/mol. The van der Waals surface area contributed by atoms with Gasteiger partial charge in [-0.15, -0.1) is 0 Å². The number of amides is 1. The number of methoxy groups -OCH3 is 1. The predicted octanol–water partition coefficient (Wildman–Crippen LogP) is 3.08. The van der Waals surface area contributed by atoms with E-state index in [2.05, 4.69) is 9.93 Å². The van der Waals surface area contributed by atoms with Gasteiger partial charge in [0.15, 0.2) is 0 Å². The Labute approximate surface area is 198 Å². The van der Waals surface area contributed by atoms with Crippen LogP contribution in [0.15, 0.2) is 76.7 Å². The molecule has 0 radical (unpaired) electrons. The lowest BCUT2D eigenvalue weighted by atomic mass is 10.1. The first-order valence-electron chi connectivity index (χ1n) is 10.3. The molecule has 0 aliphatic rings. The van der Waals surface area contributed by atoms with Crippen LogP contribution in [0, 0.1) is 0 Å². The largest absolute Gasteiger partial charge is 0.496 e. The smallest absolute Gasteiger partial charge is 0.276 e. The normalized spacial score (nSPS) is 11.2. The summed E-state index contributed by atoms with van der Waals surface area (Å²) in [7, 11) is -2.32. The van der Waals surface area contributed by atoms with Crippen molar-refractivity contribution in [2.45, 2.75) is 18.4 Å². The van der Waals surface area contributed by atoms with Crippen LogP contribution in [0.25, 0.3) is 0 Å². The molecule has 34 heavy (non-hydrogen) atoms. The molecule has 3 aromatic carbocycles. The van der Waals surface area contributed by atoms with Gasteiger partial charge in [-0.05, 0) is 67.1 Å². The minimum Gasteiger partial charge on any atom is -0.496 e. The number of hydrogen-bond acceptors (Lipinski definition) is 7. The highest BCUT2D eigenvalue weighted by molar-refractivity contribution is 7.89. The third kappa shape index (κ3) is 6.26. The SMILES string of the molecule is CCOc1ccc(S(=O)(=O)N/N=C/c2ccc(OC)c(COc3ccccc3C(N)=O)c2)cc1. The summed E-state index contributed by atoms with van der Waals surface area (Å²) in [6.07, 6.45) is 1.37. The standard InChI is InChI=1S/C24H25N3O6S/c1-3-32-19-9-11-20(12-10-19)34(29,30)27-26-15-17-8-13-22(31-2)18(14-17)16-33-23-7-5-4-6-21(23)24(25)28/h4-15,27H,3,16H2,1-2H3,(H2,25,28)/b26-15+. The van der Waals surface area contributed by atoms with E-state index in [4.69, 9.17) is 19.9 Å². The summed E-state index contributed by atoms with van der Waals surface area (Å²) < 4.78 is 41.4. The van der Waals surface area contributed by atoms with Gasteiger partial charge in [0.2, 0.25) is 0 Å². The Morgan fingerprint density at radius 1 is 1.03 bits per heavy atom. The molecule has 0 saturated carbocycles. The van der Waals surface area contributed by atoms with Crippen molar-refractivity contribution in [1.29, 1.82) is 0 Å². The number of hydrazone groups is 1. The Bertz CT molecular complexity index is 1270. The molecule has 3 rings (SSSR count). The van der Waals surface area contributed by atoms with Crippen molar-refractivity contribution in [3.63, 3.8) is 0 Å². The lowest BCUT2D eigenvalue weighted by Crippen LogP contribution is -2.18. The van der Waals surface area contributed by atoms with Gasteiger partial charge in [-0.2, -0.15) is 13.5 Å². The van der Waals surface area contributed by atoms with Crippen LogP contribution in [0.4, 0.5) is 0 Å². The van der Waals surface area contributed by atoms with Crippen molar-refractivity contribution in [3.8, 4) is 17.2 Å². The average molecular weight is 484 g/mol. The van der Waals surface area contributed by atoms with Gasteiger partial charge in [-0.3, -0.25) is 4.79 Å². The Hall–Kier alpha value is -4.05. The highest BCUT2D eigenvalue weighted by atomic mass is 32.2. The van der Waals surface area contributed by atoms with Gasteiger partial charge in [-0.1, -0.05) is 12.1 Å². The Kier molecular flexibility index (Phi) is 8.10. The fourth-order valence-corrected chi connectivity index (χ4v) is 3.84. The molecule has 0 fully saturated rings.